The standard InChI is InChI=1S/C15H22F5NO6/c1-9(2)11(22)5-14(17,18)26-7-13(16,21(24)25)8-27-15(19,20)6-12(23)10(3)4/h9-10H,5-8H2,1-4H3. The molecule has 12 heteroatoms. The van der Waals surface area contributed by atoms with Crippen molar-refractivity contribution in [3.8, 4) is 0 Å². The molecule has 0 spiro atoms. The van der Waals surface area contributed by atoms with Gasteiger partial charge < -0.3 is 9.47 Å². The van der Waals surface area contributed by atoms with E-state index in [-0.39, 0.29) is 0 Å². The molecule has 0 aromatic heterocycles. The van der Waals surface area contributed by atoms with E-state index in [1.54, 1.807) is 0 Å². The van der Waals surface area contributed by atoms with Crippen molar-refractivity contribution in [2.24, 2.45) is 11.8 Å². The van der Waals surface area contributed by atoms with Crippen LogP contribution in [0.4, 0.5) is 22.0 Å². The van der Waals surface area contributed by atoms with Gasteiger partial charge in [-0.2, -0.15) is 22.0 Å². The van der Waals surface area contributed by atoms with Gasteiger partial charge in [0.1, 0.15) is 11.6 Å². The average Bonchev–Trinajstić information content (AvgIpc) is 2.50. The van der Waals surface area contributed by atoms with Crippen molar-refractivity contribution < 1.29 is 45.9 Å². The summed E-state index contributed by atoms with van der Waals surface area (Å²) < 4.78 is 75.8. The summed E-state index contributed by atoms with van der Waals surface area (Å²) >= 11 is 0. The van der Waals surface area contributed by atoms with Crippen LogP contribution in [-0.4, -0.2) is 47.7 Å². The maximum Gasteiger partial charge on any atom is 0.404 e. The molecule has 0 fully saturated rings. The van der Waals surface area contributed by atoms with Gasteiger partial charge in [0.05, 0.1) is 17.8 Å². The predicted molar refractivity (Wildman–Crippen MR) is 81.6 cm³/mol. The van der Waals surface area contributed by atoms with E-state index in [0.29, 0.717) is 0 Å². The minimum atomic E-state index is -4.23. The lowest BCUT2D eigenvalue weighted by atomic mass is 10.1. The first kappa shape index (κ1) is 25.3. The Balaban J connectivity index is 4.96. The SMILES string of the molecule is CC(C)C(=O)CC(F)(F)OCC(F)(COC(F)(F)CC(=O)C(C)C)[N+](=O)[O-]. The zero-order valence-electron chi connectivity index (χ0n) is 15.3. The highest BCUT2D eigenvalue weighted by Crippen LogP contribution is 2.28. The molecule has 0 aromatic rings. The number of alkyl halides is 5. The number of ether oxygens (including phenoxy) is 2. The van der Waals surface area contributed by atoms with Crippen LogP contribution in [0.15, 0.2) is 0 Å². The number of carbonyl (C=O) groups is 2. The summed E-state index contributed by atoms with van der Waals surface area (Å²) in [6, 6.07) is 0. The number of hydrogen-bond donors (Lipinski definition) is 0. The van der Waals surface area contributed by atoms with Crippen LogP contribution in [0.2, 0.25) is 0 Å². The Morgan fingerprint density at radius 3 is 1.37 bits per heavy atom. The Bertz CT molecular complexity index is 515. The van der Waals surface area contributed by atoms with E-state index in [2.05, 4.69) is 9.47 Å². The number of nitrogens with zero attached hydrogens (tertiary/aromatic N) is 1. The molecule has 0 unspecified atom stereocenters. The maximum atomic E-state index is 14.2. The number of rotatable bonds is 13. The van der Waals surface area contributed by atoms with Gasteiger partial charge in [-0.25, -0.2) is 0 Å². The molecule has 0 aromatic carbocycles. The summed E-state index contributed by atoms with van der Waals surface area (Å²) in [4.78, 5) is 31.6. The molecule has 7 nitrogen and oxygen atoms in total. The molecule has 0 amide bonds. The van der Waals surface area contributed by atoms with Crippen LogP contribution in [0.3, 0.4) is 0 Å². The van der Waals surface area contributed by atoms with Crippen LogP contribution in [-0.2, 0) is 19.1 Å². The summed E-state index contributed by atoms with van der Waals surface area (Å²) in [5.74, 6) is -7.40. The largest absolute Gasteiger partial charge is 0.404 e. The number of carbonyl (C=O) groups excluding carboxylic acids is 2. The number of ketones is 2. The lowest BCUT2D eigenvalue weighted by Gasteiger charge is -2.24. The summed E-state index contributed by atoms with van der Waals surface area (Å²) in [7, 11) is 0. The molecular formula is C15H22F5NO6. The maximum absolute atomic E-state index is 14.2. The number of nitro groups is 1. The Kier molecular flexibility index (Phi) is 8.90. The van der Waals surface area contributed by atoms with Crippen molar-refractivity contribution >= 4 is 11.6 Å². The van der Waals surface area contributed by atoms with E-state index >= 15 is 0 Å². The van der Waals surface area contributed by atoms with Crippen molar-refractivity contribution in [3.05, 3.63) is 10.1 Å². The molecule has 0 rings (SSSR count). The molecule has 0 radical (unpaired) electrons. The zero-order valence-corrected chi connectivity index (χ0v) is 15.3. The van der Waals surface area contributed by atoms with E-state index in [9.17, 15) is 41.7 Å². The van der Waals surface area contributed by atoms with Crippen LogP contribution in [0.25, 0.3) is 0 Å². The smallest absolute Gasteiger partial charge is 0.309 e. The van der Waals surface area contributed by atoms with Crippen LogP contribution < -0.4 is 0 Å². The third kappa shape index (κ3) is 9.18. The van der Waals surface area contributed by atoms with Crippen LogP contribution >= 0.6 is 0 Å². The molecule has 0 saturated carbocycles. The van der Waals surface area contributed by atoms with Gasteiger partial charge in [-0.1, -0.05) is 27.7 Å². The summed E-state index contributed by atoms with van der Waals surface area (Å²) in [6.45, 7) is 1.41. The monoisotopic (exact) mass is 407 g/mol. The van der Waals surface area contributed by atoms with Crippen molar-refractivity contribution in [1.29, 1.82) is 0 Å². The molecule has 0 bridgehead atoms. The topological polar surface area (TPSA) is 95.7 Å². The Morgan fingerprint density at radius 1 is 0.852 bits per heavy atom. The van der Waals surface area contributed by atoms with Gasteiger partial charge in [0.2, 0.25) is 0 Å². The molecule has 0 aliphatic rings. The second kappa shape index (κ2) is 9.49. The van der Waals surface area contributed by atoms with E-state index in [0.717, 1.165) is 0 Å². The molecule has 0 atom stereocenters. The molecular weight excluding hydrogens is 385 g/mol. The average molecular weight is 407 g/mol. The molecule has 27 heavy (non-hydrogen) atoms. The van der Waals surface area contributed by atoms with E-state index < -0.39 is 72.4 Å². The molecule has 0 heterocycles. The van der Waals surface area contributed by atoms with Crippen LogP contribution in [0, 0.1) is 22.0 Å². The fourth-order valence-electron chi connectivity index (χ4n) is 1.50. The highest BCUT2D eigenvalue weighted by molar-refractivity contribution is 5.81. The minimum Gasteiger partial charge on any atom is -0.309 e. The van der Waals surface area contributed by atoms with Crippen molar-refractivity contribution in [2.75, 3.05) is 13.2 Å². The first-order valence-corrected chi connectivity index (χ1v) is 7.94. The van der Waals surface area contributed by atoms with Gasteiger partial charge in [-0.3, -0.25) is 19.7 Å². The van der Waals surface area contributed by atoms with Crippen LogP contribution in [0.1, 0.15) is 40.5 Å². The van der Waals surface area contributed by atoms with E-state index in [4.69, 9.17) is 0 Å². The van der Waals surface area contributed by atoms with Crippen LogP contribution in [0.5, 0.6) is 0 Å². The highest BCUT2D eigenvalue weighted by Gasteiger charge is 2.50. The third-order valence-electron chi connectivity index (χ3n) is 3.38. The first-order valence-electron chi connectivity index (χ1n) is 7.94. The highest BCUT2D eigenvalue weighted by atomic mass is 19.3. The summed E-state index contributed by atoms with van der Waals surface area (Å²) in [5.41, 5.74) is 0. The molecule has 0 saturated heterocycles. The summed E-state index contributed by atoms with van der Waals surface area (Å²) in [6.07, 6.45) is -11.4. The van der Waals surface area contributed by atoms with Gasteiger partial charge in [0, 0.05) is 11.8 Å². The third-order valence-corrected chi connectivity index (χ3v) is 3.38. The van der Waals surface area contributed by atoms with Crippen molar-refractivity contribution in [1.82, 2.24) is 0 Å². The second-order valence-corrected chi connectivity index (χ2v) is 6.62. The van der Waals surface area contributed by atoms with Gasteiger partial charge in [0.25, 0.3) is 0 Å². The number of hydrogen-bond acceptors (Lipinski definition) is 6. The quantitative estimate of drug-likeness (QED) is 0.201. The Hall–Kier alpha value is -1.69. The number of halogens is 5. The van der Waals surface area contributed by atoms with E-state index in [1.165, 1.54) is 27.7 Å². The fourth-order valence-corrected chi connectivity index (χ4v) is 1.50. The van der Waals surface area contributed by atoms with Crippen molar-refractivity contribution in [2.45, 2.75) is 58.5 Å². The summed E-state index contributed by atoms with van der Waals surface area (Å²) in [5, 5.41) is 10.8. The minimum absolute atomic E-state index is 0.786. The molecule has 0 aliphatic carbocycles. The normalized spacial score (nSPS) is 13.3. The Morgan fingerprint density at radius 2 is 1.15 bits per heavy atom. The van der Waals surface area contributed by atoms with Gasteiger partial charge in [-0.15, -0.1) is 0 Å². The number of Topliss-reactive ketones (excluding diaryl/α,β-unsaturated/α-hetero) is 2. The molecule has 0 N–H and O–H groups in total. The van der Waals surface area contributed by atoms with Crippen molar-refractivity contribution in [3.63, 3.8) is 0 Å². The second-order valence-electron chi connectivity index (χ2n) is 6.62. The lowest BCUT2D eigenvalue weighted by Crippen LogP contribution is -2.47. The first-order chi connectivity index (χ1) is 12.0. The van der Waals surface area contributed by atoms with Gasteiger partial charge in [0.15, 0.2) is 13.2 Å². The fraction of sp³-hybridized carbons (Fsp3) is 0.867. The Labute approximate surface area is 152 Å². The van der Waals surface area contributed by atoms with E-state index in [1.807, 2.05) is 0 Å². The predicted octanol–water partition coefficient (Wildman–Crippen LogP) is 3.38. The lowest BCUT2D eigenvalue weighted by molar-refractivity contribution is -0.620. The molecule has 158 valence electrons. The molecule has 0 aliphatic heterocycles. The zero-order chi connectivity index (χ0) is 21.6. The van der Waals surface area contributed by atoms with Gasteiger partial charge in [-0.05, 0) is 0 Å². The van der Waals surface area contributed by atoms with Gasteiger partial charge >= 0.3 is 18.0 Å².